The quantitative estimate of drug-likeness (QED) is 0.899. The highest BCUT2D eigenvalue weighted by Gasteiger charge is 2.25. The van der Waals surface area contributed by atoms with Crippen molar-refractivity contribution in [2.75, 3.05) is 6.61 Å². The number of carboxylic acids is 1. The van der Waals surface area contributed by atoms with Gasteiger partial charge >= 0.3 is 5.97 Å². The number of fused-ring (bicyclic) bond motifs is 1. The Morgan fingerprint density at radius 1 is 1.45 bits per heavy atom. The minimum Gasteiger partial charge on any atom is -0.493 e. The van der Waals surface area contributed by atoms with Gasteiger partial charge in [-0.3, -0.25) is 4.79 Å². The lowest BCUT2D eigenvalue weighted by molar-refractivity contribution is -0.139. The third-order valence-corrected chi connectivity index (χ3v) is 4.28. The van der Waals surface area contributed by atoms with Crippen molar-refractivity contribution >= 4 is 23.4 Å². The summed E-state index contributed by atoms with van der Waals surface area (Å²) < 4.78 is 9.43. The Morgan fingerprint density at radius 2 is 2.27 bits per heavy atom. The minimum absolute atomic E-state index is 0.403. The summed E-state index contributed by atoms with van der Waals surface area (Å²) in [7, 11) is 0. The molecule has 1 amide bonds. The number of aromatic nitrogens is 1. The minimum atomic E-state index is -1.10. The van der Waals surface area contributed by atoms with E-state index in [-0.39, 0.29) is 0 Å². The summed E-state index contributed by atoms with van der Waals surface area (Å²) in [6.07, 6.45) is 0.747. The van der Waals surface area contributed by atoms with Gasteiger partial charge in [0, 0.05) is 11.8 Å². The lowest BCUT2D eigenvalue weighted by Gasteiger charge is -2.15. The van der Waals surface area contributed by atoms with Crippen LogP contribution in [0.5, 0.6) is 5.75 Å². The Hall–Kier alpha value is -2.41. The van der Waals surface area contributed by atoms with Crippen molar-refractivity contribution in [1.82, 2.24) is 9.69 Å². The van der Waals surface area contributed by atoms with Crippen molar-refractivity contribution in [2.45, 2.75) is 19.4 Å². The zero-order valence-electron chi connectivity index (χ0n) is 11.8. The molecule has 0 aliphatic carbocycles. The van der Waals surface area contributed by atoms with Crippen LogP contribution in [0.25, 0.3) is 0 Å². The maximum atomic E-state index is 12.2. The molecule has 6 nitrogen and oxygen atoms in total. The lowest BCUT2D eigenvalue weighted by atomic mass is 10.0. The molecule has 0 bridgehead atoms. The Kier molecular flexibility index (Phi) is 3.81. The highest BCUT2D eigenvalue weighted by molar-refractivity contribution is 7.03. The van der Waals surface area contributed by atoms with Crippen molar-refractivity contribution in [2.24, 2.45) is 0 Å². The Bertz CT molecular complexity index is 741. The van der Waals surface area contributed by atoms with Crippen LogP contribution in [0.2, 0.25) is 0 Å². The van der Waals surface area contributed by atoms with E-state index in [2.05, 4.69) is 9.69 Å². The standard InChI is InChI=1S/C15H14N2O4S/c1-8-11(7-22-17-8)14(18)16-13(15(19)20)10-2-3-12-9(6-10)4-5-21-12/h2-3,6-7,13H,4-5H2,1H3,(H,16,18)(H,19,20). The summed E-state index contributed by atoms with van der Waals surface area (Å²) in [4.78, 5) is 23.7. The molecule has 1 aliphatic rings. The Morgan fingerprint density at radius 3 is 2.95 bits per heavy atom. The number of carboxylic acid groups (broad SMARTS) is 1. The molecule has 3 rings (SSSR count). The number of nitrogens with one attached hydrogen (secondary N) is 1. The molecule has 1 aromatic carbocycles. The van der Waals surface area contributed by atoms with Crippen LogP contribution < -0.4 is 10.1 Å². The van der Waals surface area contributed by atoms with Gasteiger partial charge in [0.1, 0.15) is 5.75 Å². The highest BCUT2D eigenvalue weighted by Crippen LogP contribution is 2.28. The number of carbonyl (C=O) groups excluding carboxylic acids is 1. The van der Waals surface area contributed by atoms with Crippen LogP contribution in [0.3, 0.4) is 0 Å². The van der Waals surface area contributed by atoms with Gasteiger partial charge in [-0.25, -0.2) is 4.79 Å². The van der Waals surface area contributed by atoms with E-state index in [0.717, 1.165) is 17.7 Å². The SMILES string of the molecule is Cc1nscc1C(=O)NC(C(=O)O)c1ccc2c(c1)CCO2. The molecule has 0 saturated heterocycles. The first-order chi connectivity index (χ1) is 10.6. The summed E-state index contributed by atoms with van der Waals surface area (Å²) in [5.41, 5.74) is 2.49. The number of benzene rings is 1. The van der Waals surface area contributed by atoms with Gasteiger partial charge in [-0.2, -0.15) is 4.37 Å². The second-order valence-corrected chi connectivity index (χ2v) is 5.65. The molecular formula is C15H14N2O4S. The van der Waals surface area contributed by atoms with E-state index in [9.17, 15) is 14.7 Å². The Balaban J connectivity index is 1.86. The van der Waals surface area contributed by atoms with Gasteiger partial charge in [-0.05, 0) is 41.7 Å². The van der Waals surface area contributed by atoms with Crippen molar-refractivity contribution in [1.29, 1.82) is 0 Å². The van der Waals surface area contributed by atoms with E-state index in [1.54, 1.807) is 30.5 Å². The van der Waals surface area contributed by atoms with Gasteiger partial charge in [-0.1, -0.05) is 6.07 Å². The third-order valence-electron chi connectivity index (χ3n) is 3.56. The predicted molar refractivity (Wildman–Crippen MR) is 80.3 cm³/mol. The topological polar surface area (TPSA) is 88.5 Å². The zero-order valence-corrected chi connectivity index (χ0v) is 12.6. The fraction of sp³-hybridized carbons (Fsp3) is 0.267. The Labute approximate surface area is 130 Å². The van der Waals surface area contributed by atoms with Gasteiger partial charge in [-0.15, -0.1) is 0 Å². The number of carbonyl (C=O) groups is 2. The third kappa shape index (κ3) is 2.67. The molecule has 0 saturated carbocycles. The van der Waals surface area contributed by atoms with Crippen molar-refractivity contribution in [3.05, 3.63) is 46.0 Å². The van der Waals surface area contributed by atoms with Gasteiger partial charge in [0.25, 0.3) is 5.91 Å². The van der Waals surface area contributed by atoms with Crippen LogP contribution >= 0.6 is 11.5 Å². The van der Waals surface area contributed by atoms with Crippen molar-refractivity contribution in [3.8, 4) is 5.75 Å². The number of hydrogen-bond donors (Lipinski definition) is 2. The van der Waals surface area contributed by atoms with Crippen LogP contribution in [0.15, 0.2) is 23.6 Å². The number of hydrogen-bond acceptors (Lipinski definition) is 5. The molecule has 1 aliphatic heterocycles. The van der Waals surface area contributed by atoms with Crippen molar-refractivity contribution in [3.63, 3.8) is 0 Å². The van der Waals surface area contributed by atoms with Gasteiger partial charge in [0.15, 0.2) is 6.04 Å². The molecule has 2 aromatic rings. The molecule has 0 radical (unpaired) electrons. The summed E-state index contributed by atoms with van der Waals surface area (Å²) in [6.45, 7) is 2.32. The van der Waals surface area contributed by atoms with E-state index in [1.165, 1.54) is 11.5 Å². The van der Waals surface area contributed by atoms with Gasteiger partial charge < -0.3 is 15.2 Å². The van der Waals surface area contributed by atoms with Crippen LogP contribution in [-0.2, 0) is 11.2 Å². The maximum Gasteiger partial charge on any atom is 0.330 e. The van der Waals surface area contributed by atoms with Gasteiger partial charge in [0.2, 0.25) is 0 Å². The first-order valence-corrected chi connectivity index (χ1v) is 7.60. The number of aliphatic carboxylic acids is 1. The highest BCUT2D eigenvalue weighted by atomic mass is 32.1. The molecule has 2 N–H and O–H groups in total. The normalized spacial score (nSPS) is 14.0. The van der Waals surface area contributed by atoms with Crippen LogP contribution in [-0.4, -0.2) is 28.0 Å². The second-order valence-electron chi connectivity index (χ2n) is 5.02. The van der Waals surface area contributed by atoms with E-state index in [0.29, 0.717) is 23.4 Å². The molecular weight excluding hydrogens is 304 g/mol. The van der Waals surface area contributed by atoms with Crippen LogP contribution in [0.4, 0.5) is 0 Å². The van der Waals surface area contributed by atoms with E-state index in [4.69, 9.17) is 4.74 Å². The molecule has 114 valence electrons. The largest absolute Gasteiger partial charge is 0.493 e. The number of rotatable bonds is 4. The van der Waals surface area contributed by atoms with Crippen molar-refractivity contribution < 1.29 is 19.4 Å². The molecule has 0 fully saturated rings. The summed E-state index contributed by atoms with van der Waals surface area (Å²) in [6, 6.07) is 4.09. The zero-order chi connectivity index (χ0) is 15.7. The van der Waals surface area contributed by atoms with Crippen LogP contribution in [0.1, 0.15) is 33.2 Å². The number of amides is 1. The molecule has 2 heterocycles. The molecule has 7 heteroatoms. The van der Waals surface area contributed by atoms with E-state index in [1.807, 2.05) is 0 Å². The van der Waals surface area contributed by atoms with E-state index >= 15 is 0 Å². The molecule has 1 aromatic heterocycles. The predicted octanol–water partition coefficient (Wildman–Crippen LogP) is 1.94. The molecule has 1 unspecified atom stereocenters. The average Bonchev–Trinajstić information content (AvgIpc) is 3.11. The van der Waals surface area contributed by atoms with Crippen LogP contribution in [0, 0.1) is 6.92 Å². The van der Waals surface area contributed by atoms with E-state index < -0.39 is 17.9 Å². The number of ether oxygens (including phenoxy) is 1. The first-order valence-electron chi connectivity index (χ1n) is 6.76. The lowest BCUT2D eigenvalue weighted by Crippen LogP contribution is -2.33. The summed E-state index contributed by atoms with van der Waals surface area (Å²) in [5.74, 6) is -0.763. The average molecular weight is 318 g/mol. The number of nitrogens with zero attached hydrogens (tertiary/aromatic N) is 1. The molecule has 22 heavy (non-hydrogen) atoms. The monoisotopic (exact) mass is 318 g/mol. The molecule has 1 atom stereocenters. The van der Waals surface area contributed by atoms with Gasteiger partial charge in [0.05, 0.1) is 17.9 Å². The summed E-state index contributed by atoms with van der Waals surface area (Å²) >= 11 is 1.17. The smallest absolute Gasteiger partial charge is 0.330 e. The number of aryl methyl sites for hydroxylation is 1. The first kappa shape index (κ1) is 14.5. The maximum absolute atomic E-state index is 12.2. The molecule has 0 spiro atoms. The fourth-order valence-corrected chi connectivity index (χ4v) is 3.09. The fourth-order valence-electron chi connectivity index (χ4n) is 2.39. The second kappa shape index (κ2) is 5.76. The summed E-state index contributed by atoms with van der Waals surface area (Å²) in [5, 5.41) is 13.6.